The number of carbonyl (C=O) groups is 1. The average molecular weight is 517 g/mol. The molecule has 3 heterocycles. The highest BCUT2D eigenvalue weighted by Crippen LogP contribution is 2.33. The summed E-state index contributed by atoms with van der Waals surface area (Å²) in [6.07, 6.45) is 3.95. The minimum atomic E-state index is 0.0328. The number of hydrogen-bond acceptors (Lipinski definition) is 4. The zero-order valence-corrected chi connectivity index (χ0v) is 22.3. The van der Waals surface area contributed by atoms with E-state index in [1.54, 1.807) is 0 Å². The monoisotopic (exact) mass is 516 g/mol. The molecule has 0 bridgehead atoms. The van der Waals surface area contributed by atoms with Crippen molar-refractivity contribution in [3.63, 3.8) is 0 Å². The summed E-state index contributed by atoms with van der Waals surface area (Å²) >= 11 is 6.55. The molecular weight excluding hydrogens is 484 g/mol. The predicted octanol–water partition coefficient (Wildman–Crippen LogP) is 5.98. The van der Waals surface area contributed by atoms with Crippen LogP contribution in [0.4, 0.5) is 5.69 Å². The van der Waals surface area contributed by atoms with E-state index in [0.29, 0.717) is 24.6 Å². The molecule has 1 aliphatic carbocycles. The Bertz CT molecular complexity index is 1430. The van der Waals surface area contributed by atoms with E-state index in [0.717, 1.165) is 65.2 Å². The SMILES string of the molecule is Cc1cc2nc(-c3n[nH]c4c3CCN(C(=O)c3ccccc3N[C@H]3CCCC(Cl)C3C)C4)[nH]c2cc1C. The average Bonchev–Trinajstić information content (AvgIpc) is 3.50. The fraction of sp³-hybridized carbons (Fsp3) is 0.414. The molecule has 0 saturated heterocycles. The fourth-order valence-corrected chi connectivity index (χ4v) is 6.08. The number of amides is 1. The third kappa shape index (κ3) is 4.39. The Labute approximate surface area is 222 Å². The molecule has 3 atom stereocenters. The number of halogens is 1. The molecule has 1 aliphatic heterocycles. The van der Waals surface area contributed by atoms with Crippen molar-refractivity contribution >= 4 is 34.2 Å². The number of benzene rings is 2. The third-order valence-electron chi connectivity index (χ3n) is 8.24. The highest BCUT2D eigenvalue weighted by atomic mass is 35.5. The van der Waals surface area contributed by atoms with Crippen molar-refractivity contribution < 1.29 is 4.79 Å². The number of carbonyl (C=O) groups excluding carboxylic acids is 1. The number of alkyl halides is 1. The van der Waals surface area contributed by atoms with E-state index in [-0.39, 0.29) is 17.3 Å². The molecule has 8 heteroatoms. The number of para-hydroxylation sites is 1. The number of imidazole rings is 1. The number of hydrogen-bond donors (Lipinski definition) is 3. The number of nitrogens with zero attached hydrogens (tertiary/aromatic N) is 3. The molecule has 6 rings (SSSR count). The zero-order chi connectivity index (χ0) is 25.7. The molecule has 0 spiro atoms. The van der Waals surface area contributed by atoms with Crippen molar-refractivity contribution in [1.29, 1.82) is 0 Å². The van der Waals surface area contributed by atoms with E-state index < -0.39 is 0 Å². The minimum Gasteiger partial charge on any atom is -0.381 e. The molecule has 2 aromatic heterocycles. The number of nitrogens with one attached hydrogen (secondary N) is 3. The van der Waals surface area contributed by atoms with Gasteiger partial charge in [0.2, 0.25) is 0 Å². The van der Waals surface area contributed by atoms with Crippen LogP contribution in [0.1, 0.15) is 58.9 Å². The molecule has 4 aromatic rings. The molecule has 1 fully saturated rings. The summed E-state index contributed by atoms with van der Waals surface area (Å²) in [7, 11) is 0. The summed E-state index contributed by atoms with van der Waals surface area (Å²) in [5, 5.41) is 11.6. The molecule has 2 aliphatic rings. The molecular formula is C29H33ClN6O. The molecule has 3 N–H and O–H groups in total. The molecule has 7 nitrogen and oxygen atoms in total. The van der Waals surface area contributed by atoms with Gasteiger partial charge in [0.05, 0.1) is 28.8 Å². The van der Waals surface area contributed by atoms with Crippen LogP contribution >= 0.6 is 11.6 Å². The van der Waals surface area contributed by atoms with Gasteiger partial charge in [0, 0.05) is 29.2 Å². The van der Waals surface area contributed by atoms with Crippen molar-refractivity contribution in [2.24, 2.45) is 5.92 Å². The van der Waals surface area contributed by atoms with E-state index in [1.165, 1.54) is 11.1 Å². The van der Waals surface area contributed by atoms with Crippen molar-refractivity contribution in [2.75, 3.05) is 11.9 Å². The van der Waals surface area contributed by atoms with Crippen molar-refractivity contribution in [2.45, 2.75) is 64.4 Å². The first-order chi connectivity index (χ1) is 17.9. The number of H-pyrrole nitrogens is 2. The van der Waals surface area contributed by atoms with E-state index >= 15 is 0 Å². The van der Waals surface area contributed by atoms with Gasteiger partial charge in [-0.25, -0.2) is 4.98 Å². The quantitative estimate of drug-likeness (QED) is 0.291. The standard InChI is InChI=1S/C29H33ClN6O/c1-16-13-24-25(14-17(16)2)33-28(32-24)27-19-11-12-36(15-26(19)34-35-27)29(37)20-7-4-5-9-23(20)31-22-10-6-8-21(30)18(22)3/h4-5,7,9,13-14,18,21-22,31H,6,8,10-12,15H2,1-3H3,(H,32,33)(H,34,35)/t18?,21?,22-/m0/s1. The van der Waals surface area contributed by atoms with Gasteiger partial charge in [-0.05, 0) is 80.8 Å². The lowest BCUT2D eigenvalue weighted by Crippen LogP contribution is -2.39. The van der Waals surface area contributed by atoms with Crippen LogP contribution in [0.2, 0.25) is 0 Å². The second-order valence-corrected chi connectivity index (χ2v) is 11.2. The summed E-state index contributed by atoms with van der Waals surface area (Å²) in [5.41, 5.74) is 8.95. The lowest BCUT2D eigenvalue weighted by atomic mass is 9.85. The zero-order valence-electron chi connectivity index (χ0n) is 21.6. The Morgan fingerprint density at radius 1 is 1.16 bits per heavy atom. The Balaban J connectivity index is 1.22. The summed E-state index contributed by atoms with van der Waals surface area (Å²) in [5.74, 6) is 1.15. The van der Waals surface area contributed by atoms with E-state index in [2.05, 4.69) is 53.4 Å². The maximum Gasteiger partial charge on any atom is 0.256 e. The fourth-order valence-electron chi connectivity index (χ4n) is 5.75. The maximum absolute atomic E-state index is 13.7. The van der Waals surface area contributed by atoms with E-state index in [1.807, 2.05) is 29.2 Å². The van der Waals surface area contributed by atoms with Gasteiger partial charge in [-0.15, -0.1) is 11.6 Å². The van der Waals surface area contributed by atoms with Crippen LogP contribution < -0.4 is 5.32 Å². The molecule has 2 aromatic carbocycles. The highest BCUT2D eigenvalue weighted by Gasteiger charge is 2.31. The molecule has 37 heavy (non-hydrogen) atoms. The van der Waals surface area contributed by atoms with Gasteiger partial charge in [0.15, 0.2) is 5.82 Å². The van der Waals surface area contributed by atoms with Crippen LogP contribution in [0.25, 0.3) is 22.6 Å². The normalized spacial score (nSPS) is 21.7. The Morgan fingerprint density at radius 2 is 1.97 bits per heavy atom. The van der Waals surface area contributed by atoms with Gasteiger partial charge in [-0.1, -0.05) is 19.1 Å². The van der Waals surface area contributed by atoms with Crippen molar-refractivity contribution in [3.05, 3.63) is 64.3 Å². The van der Waals surface area contributed by atoms with Gasteiger partial charge in [-0.3, -0.25) is 9.89 Å². The van der Waals surface area contributed by atoms with Gasteiger partial charge in [0.25, 0.3) is 5.91 Å². The number of anilines is 1. The van der Waals surface area contributed by atoms with Crippen LogP contribution in [-0.2, 0) is 13.0 Å². The molecule has 192 valence electrons. The largest absolute Gasteiger partial charge is 0.381 e. The first-order valence-electron chi connectivity index (χ1n) is 13.2. The van der Waals surface area contributed by atoms with Crippen LogP contribution in [-0.4, -0.2) is 48.9 Å². The van der Waals surface area contributed by atoms with Gasteiger partial charge in [-0.2, -0.15) is 5.10 Å². The van der Waals surface area contributed by atoms with Crippen molar-refractivity contribution in [1.82, 2.24) is 25.1 Å². The number of rotatable bonds is 4. The molecule has 0 radical (unpaired) electrons. The number of aromatic amines is 2. The highest BCUT2D eigenvalue weighted by molar-refractivity contribution is 6.20. The molecule has 2 unspecified atom stereocenters. The Hall–Kier alpha value is -3.32. The first-order valence-corrected chi connectivity index (χ1v) is 13.6. The second kappa shape index (κ2) is 9.53. The maximum atomic E-state index is 13.7. The topological polar surface area (TPSA) is 89.7 Å². The first kappa shape index (κ1) is 24.0. The summed E-state index contributed by atoms with van der Waals surface area (Å²) in [4.78, 5) is 23.8. The Morgan fingerprint density at radius 3 is 2.84 bits per heavy atom. The molecule has 1 amide bonds. The lowest BCUT2D eigenvalue weighted by molar-refractivity contribution is 0.0733. The van der Waals surface area contributed by atoms with Crippen LogP contribution in [0, 0.1) is 19.8 Å². The van der Waals surface area contributed by atoms with E-state index in [4.69, 9.17) is 16.6 Å². The van der Waals surface area contributed by atoms with E-state index in [9.17, 15) is 4.79 Å². The van der Waals surface area contributed by atoms with Gasteiger partial charge in [0.1, 0.15) is 5.69 Å². The van der Waals surface area contributed by atoms with Crippen LogP contribution in [0.5, 0.6) is 0 Å². The van der Waals surface area contributed by atoms with Gasteiger partial charge >= 0.3 is 0 Å². The summed E-state index contributed by atoms with van der Waals surface area (Å²) < 4.78 is 0. The Kier molecular flexibility index (Phi) is 6.19. The second-order valence-electron chi connectivity index (χ2n) is 10.6. The van der Waals surface area contributed by atoms with Crippen LogP contribution in [0.3, 0.4) is 0 Å². The van der Waals surface area contributed by atoms with Crippen LogP contribution in [0.15, 0.2) is 36.4 Å². The number of aryl methyl sites for hydroxylation is 2. The number of aromatic nitrogens is 4. The summed E-state index contributed by atoms with van der Waals surface area (Å²) in [6.45, 7) is 7.54. The van der Waals surface area contributed by atoms with Crippen molar-refractivity contribution in [3.8, 4) is 11.5 Å². The smallest absolute Gasteiger partial charge is 0.256 e. The summed E-state index contributed by atoms with van der Waals surface area (Å²) in [6, 6.07) is 12.3. The third-order valence-corrected chi connectivity index (χ3v) is 8.86. The molecule has 1 saturated carbocycles. The lowest BCUT2D eigenvalue weighted by Gasteiger charge is -2.35. The minimum absolute atomic E-state index is 0.0328. The number of fused-ring (bicyclic) bond motifs is 2. The predicted molar refractivity (Wildman–Crippen MR) is 148 cm³/mol. The van der Waals surface area contributed by atoms with Gasteiger partial charge < -0.3 is 15.2 Å².